The van der Waals surface area contributed by atoms with Crippen LogP contribution < -0.4 is 10.1 Å². The summed E-state index contributed by atoms with van der Waals surface area (Å²) < 4.78 is 33.6. The number of para-hydroxylation sites is 2. The van der Waals surface area contributed by atoms with Crippen LogP contribution in [0.4, 0.5) is 5.69 Å². The molecule has 8 heteroatoms. The lowest BCUT2D eigenvalue weighted by atomic mass is 9.98. The number of nitrogens with zero attached hydrogens (tertiary/aromatic N) is 1. The van der Waals surface area contributed by atoms with Crippen molar-refractivity contribution in [2.45, 2.75) is 24.7 Å². The number of hydrogen-bond acceptors (Lipinski definition) is 4. The van der Waals surface area contributed by atoms with Gasteiger partial charge in [-0.15, -0.1) is 0 Å². The quantitative estimate of drug-likeness (QED) is 0.700. The van der Waals surface area contributed by atoms with Gasteiger partial charge in [-0.3, -0.25) is 4.79 Å². The SMILES string of the molecule is CCOc1ccccc1NC(=O)C1CCCN(S(=O)(=O)c2ccc(Br)cc2)C1. The van der Waals surface area contributed by atoms with Crippen molar-refractivity contribution in [3.8, 4) is 5.75 Å². The highest BCUT2D eigenvalue weighted by molar-refractivity contribution is 9.10. The Balaban J connectivity index is 1.72. The Bertz CT molecular complexity index is 931. The van der Waals surface area contributed by atoms with Gasteiger partial charge in [-0.2, -0.15) is 4.31 Å². The monoisotopic (exact) mass is 466 g/mol. The van der Waals surface area contributed by atoms with Gasteiger partial charge in [-0.25, -0.2) is 8.42 Å². The van der Waals surface area contributed by atoms with Gasteiger partial charge in [0.1, 0.15) is 5.75 Å². The predicted molar refractivity (Wildman–Crippen MR) is 112 cm³/mol. The summed E-state index contributed by atoms with van der Waals surface area (Å²) in [5, 5.41) is 2.89. The Morgan fingerprint density at radius 1 is 1.21 bits per heavy atom. The highest BCUT2D eigenvalue weighted by Crippen LogP contribution is 2.28. The highest BCUT2D eigenvalue weighted by Gasteiger charge is 2.33. The molecule has 2 aromatic rings. The minimum atomic E-state index is -3.63. The predicted octanol–water partition coefficient (Wildman–Crippen LogP) is 3.89. The largest absolute Gasteiger partial charge is 0.492 e. The highest BCUT2D eigenvalue weighted by atomic mass is 79.9. The standard InChI is InChI=1S/C20H23BrN2O4S/c1-2-27-19-8-4-3-7-18(19)22-20(24)15-6-5-13-23(14-15)28(25,26)17-11-9-16(21)10-12-17/h3-4,7-12,15H,2,5-6,13-14H2,1H3,(H,22,24). The van der Waals surface area contributed by atoms with Crippen molar-refractivity contribution in [1.29, 1.82) is 0 Å². The molecule has 1 amide bonds. The molecular weight excluding hydrogens is 444 g/mol. The molecule has 0 saturated carbocycles. The van der Waals surface area contributed by atoms with E-state index in [0.29, 0.717) is 37.4 Å². The molecule has 0 radical (unpaired) electrons. The Hall–Kier alpha value is -1.90. The molecule has 1 heterocycles. The van der Waals surface area contributed by atoms with Gasteiger partial charge in [0.2, 0.25) is 15.9 Å². The summed E-state index contributed by atoms with van der Waals surface area (Å²) in [6.07, 6.45) is 1.29. The molecule has 1 saturated heterocycles. The third-order valence-electron chi connectivity index (χ3n) is 4.65. The van der Waals surface area contributed by atoms with Crippen LogP contribution in [0.25, 0.3) is 0 Å². The molecule has 3 rings (SSSR count). The summed E-state index contributed by atoms with van der Waals surface area (Å²) in [7, 11) is -3.63. The van der Waals surface area contributed by atoms with Crippen molar-refractivity contribution in [3.63, 3.8) is 0 Å². The van der Waals surface area contributed by atoms with E-state index in [9.17, 15) is 13.2 Å². The van der Waals surface area contributed by atoms with Gasteiger partial charge in [0, 0.05) is 17.6 Å². The minimum absolute atomic E-state index is 0.168. The lowest BCUT2D eigenvalue weighted by molar-refractivity contribution is -0.120. The maximum Gasteiger partial charge on any atom is 0.243 e. The van der Waals surface area contributed by atoms with Gasteiger partial charge >= 0.3 is 0 Å². The molecule has 0 spiro atoms. The van der Waals surface area contributed by atoms with Gasteiger partial charge in [-0.05, 0) is 56.2 Å². The summed E-state index contributed by atoms with van der Waals surface area (Å²) >= 11 is 3.31. The topological polar surface area (TPSA) is 75.7 Å². The number of piperidine rings is 1. The molecule has 28 heavy (non-hydrogen) atoms. The lowest BCUT2D eigenvalue weighted by Gasteiger charge is -2.31. The number of sulfonamides is 1. The van der Waals surface area contributed by atoms with E-state index in [1.807, 2.05) is 19.1 Å². The van der Waals surface area contributed by atoms with Crippen molar-refractivity contribution < 1.29 is 17.9 Å². The van der Waals surface area contributed by atoms with Crippen molar-refractivity contribution in [2.75, 3.05) is 25.0 Å². The first-order valence-electron chi connectivity index (χ1n) is 9.20. The van der Waals surface area contributed by atoms with Crippen molar-refractivity contribution in [3.05, 3.63) is 53.0 Å². The fourth-order valence-electron chi connectivity index (χ4n) is 3.22. The van der Waals surface area contributed by atoms with Gasteiger partial charge < -0.3 is 10.1 Å². The van der Waals surface area contributed by atoms with Gasteiger partial charge in [0.15, 0.2) is 0 Å². The van der Waals surface area contributed by atoms with E-state index in [1.54, 1.807) is 36.4 Å². The zero-order valence-corrected chi connectivity index (χ0v) is 18.0. The molecule has 1 unspecified atom stereocenters. The number of anilines is 1. The number of hydrogen-bond donors (Lipinski definition) is 1. The van der Waals surface area contributed by atoms with Gasteiger partial charge in [0.05, 0.1) is 23.1 Å². The number of ether oxygens (including phenoxy) is 1. The molecule has 150 valence electrons. The first-order valence-corrected chi connectivity index (χ1v) is 11.4. The second kappa shape index (κ2) is 9.07. The van der Waals surface area contributed by atoms with Crippen LogP contribution in [0.1, 0.15) is 19.8 Å². The van der Waals surface area contributed by atoms with Crippen LogP contribution in [0.2, 0.25) is 0 Å². The average Bonchev–Trinajstić information content (AvgIpc) is 2.70. The van der Waals surface area contributed by atoms with E-state index in [2.05, 4.69) is 21.2 Å². The van der Waals surface area contributed by atoms with Crippen LogP contribution in [-0.2, 0) is 14.8 Å². The van der Waals surface area contributed by atoms with Crippen molar-refractivity contribution >= 4 is 37.5 Å². The van der Waals surface area contributed by atoms with Crippen LogP contribution in [0.3, 0.4) is 0 Å². The first-order chi connectivity index (χ1) is 13.4. The minimum Gasteiger partial charge on any atom is -0.492 e. The molecule has 1 aliphatic rings. The Kier molecular flexibility index (Phi) is 6.74. The summed E-state index contributed by atoms with van der Waals surface area (Å²) in [4.78, 5) is 13.0. The summed E-state index contributed by atoms with van der Waals surface area (Å²) in [5.41, 5.74) is 0.599. The fraction of sp³-hybridized carbons (Fsp3) is 0.350. The number of amides is 1. The normalized spacial score (nSPS) is 17.9. The molecule has 1 aliphatic heterocycles. The smallest absolute Gasteiger partial charge is 0.243 e. The molecule has 1 atom stereocenters. The maximum absolute atomic E-state index is 12.9. The van der Waals surface area contributed by atoms with Gasteiger partial charge in [0.25, 0.3) is 0 Å². The number of halogens is 1. The van der Waals surface area contributed by atoms with Crippen LogP contribution >= 0.6 is 15.9 Å². The zero-order chi connectivity index (χ0) is 20.1. The number of carbonyl (C=O) groups is 1. The summed E-state index contributed by atoms with van der Waals surface area (Å²) in [5.74, 6) is 0.00464. The number of carbonyl (C=O) groups excluding carboxylic acids is 1. The molecule has 0 aliphatic carbocycles. The maximum atomic E-state index is 12.9. The van der Waals surface area contributed by atoms with E-state index in [0.717, 1.165) is 4.47 Å². The van der Waals surface area contributed by atoms with E-state index >= 15 is 0 Å². The Morgan fingerprint density at radius 3 is 2.64 bits per heavy atom. The number of rotatable bonds is 6. The number of benzene rings is 2. The average molecular weight is 467 g/mol. The Labute approximate surface area is 174 Å². The van der Waals surface area contributed by atoms with Crippen molar-refractivity contribution in [2.24, 2.45) is 5.92 Å². The fourth-order valence-corrected chi connectivity index (χ4v) is 5.00. The number of nitrogens with one attached hydrogen (secondary N) is 1. The molecule has 0 aromatic heterocycles. The molecule has 2 aromatic carbocycles. The third kappa shape index (κ3) is 4.74. The molecule has 0 bridgehead atoms. The van der Waals surface area contributed by atoms with Crippen LogP contribution in [0.15, 0.2) is 57.9 Å². The van der Waals surface area contributed by atoms with E-state index in [-0.39, 0.29) is 17.3 Å². The summed E-state index contributed by atoms with van der Waals surface area (Å²) in [6, 6.07) is 13.8. The summed E-state index contributed by atoms with van der Waals surface area (Å²) in [6.45, 7) is 2.96. The molecule has 1 fully saturated rings. The van der Waals surface area contributed by atoms with Crippen LogP contribution in [0.5, 0.6) is 5.75 Å². The van der Waals surface area contributed by atoms with E-state index < -0.39 is 15.9 Å². The third-order valence-corrected chi connectivity index (χ3v) is 7.06. The second-order valence-corrected chi connectivity index (χ2v) is 9.43. The second-order valence-electron chi connectivity index (χ2n) is 6.57. The molecule has 6 nitrogen and oxygen atoms in total. The van der Waals surface area contributed by atoms with E-state index in [4.69, 9.17) is 4.74 Å². The van der Waals surface area contributed by atoms with E-state index in [1.165, 1.54) is 4.31 Å². The van der Waals surface area contributed by atoms with Crippen LogP contribution in [0, 0.1) is 5.92 Å². The molecular formula is C20H23BrN2O4S. The zero-order valence-electron chi connectivity index (χ0n) is 15.6. The van der Waals surface area contributed by atoms with Gasteiger partial charge in [-0.1, -0.05) is 28.1 Å². The lowest BCUT2D eigenvalue weighted by Crippen LogP contribution is -2.43. The molecule has 1 N–H and O–H groups in total. The van der Waals surface area contributed by atoms with Crippen molar-refractivity contribution in [1.82, 2.24) is 4.31 Å². The Morgan fingerprint density at radius 2 is 1.93 bits per heavy atom. The first kappa shape index (κ1) is 20.8. The van der Waals surface area contributed by atoms with Crippen LogP contribution in [-0.4, -0.2) is 38.3 Å².